The Labute approximate surface area is 149 Å². The maximum Gasteiger partial charge on any atom is 0.269 e. The van der Waals surface area contributed by atoms with Crippen LogP contribution >= 0.6 is 12.2 Å². The fourth-order valence-corrected chi connectivity index (χ4v) is 2.48. The minimum Gasteiger partial charge on any atom is -0.332 e. The summed E-state index contributed by atoms with van der Waals surface area (Å²) in [5.41, 5.74) is 2.62. The van der Waals surface area contributed by atoms with E-state index in [1.165, 1.54) is 12.1 Å². The van der Waals surface area contributed by atoms with E-state index in [4.69, 9.17) is 12.2 Å². The molecule has 0 saturated heterocycles. The van der Waals surface area contributed by atoms with Gasteiger partial charge >= 0.3 is 0 Å². The predicted molar refractivity (Wildman–Crippen MR) is 101 cm³/mol. The second-order valence-electron chi connectivity index (χ2n) is 5.30. The molecule has 0 fully saturated rings. The van der Waals surface area contributed by atoms with E-state index in [1.807, 2.05) is 41.2 Å². The van der Waals surface area contributed by atoms with Gasteiger partial charge in [-0.1, -0.05) is 30.3 Å². The van der Waals surface area contributed by atoms with E-state index in [-0.39, 0.29) is 5.69 Å². The average molecular weight is 353 g/mol. The highest BCUT2D eigenvalue weighted by Gasteiger charge is 2.06. The van der Waals surface area contributed by atoms with Gasteiger partial charge in [-0.3, -0.25) is 14.8 Å². The number of non-ortho nitro benzene ring substituents is 1. The Morgan fingerprint density at radius 3 is 2.44 bits per heavy atom. The smallest absolute Gasteiger partial charge is 0.269 e. The minimum absolute atomic E-state index is 0.0339. The Morgan fingerprint density at radius 1 is 1.08 bits per heavy atom. The van der Waals surface area contributed by atoms with Crippen molar-refractivity contribution >= 4 is 34.4 Å². The molecule has 2 aromatic carbocycles. The largest absolute Gasteiger partial charge is 0.332 e. The number of nitro groups is 1. The van der Waals surface area contributed by atoms with Crippen LogP contribution in [0.4, 0.5) is 17.1 Å². The monoisotopic (exact) mass is 353 g/mol. The first-order chi connectivity index (χ1) is 12.1. The number of thiocarbonyl (C=S) groups is 1. The summed E-state index contributed by atoms with van der Waals surface area (Å²) in [7, 11) is 0. The molecule has 0 aliphatic carbocycles. The van der Waals surface area contributed by atoms with Crippen LogP contribution < -0.4 is 10.6 Å². The average Bonchev–Trinajstić information content (AvgIpc) is 3.03. The topological polar surface area (TPSA) is 85.0 Å². The van der Waals surface area contributed by atoms with Gasteiger partial charge in [0.25, 0.3) is 5.69 Å². The van der Waals surface area contributed by atoms with Crippen molar-refractivity contribution < 1.29 is 4.92 Å². The van der Waals surface area contributed by atoms with Gasteiger partial charge in [-0.05, 0) is 29.9 Å². The van der Waals surface area contributed by atoms with E-state index < -0.39 is 4.92 Å². The highest BCUT2D eigenvalue weighted by atomic mass is 32.1. The van der Waals surface area contributed by atoms with Gasteiger partial charge in [0, 0.05) is 24.0 Å². The third-order valence-corrected chi connectivity index (χ3v) is 3.62. The highest BCUT2D eigenvalue weighted by molar-refractivity contribution is 7.80. The molecule has 126 valence electrons. The molecule has 3 aromatic rings. The highest BCUT2D eigenvalue weighted by Crippen LogP contribution is 2.16. The lowest BCUT2D eigenvalue weighted by molar-refractivity contribution is -0.384. The van der Waals surface area contributed by atoms with E-state index in [0.29, 0.717) is 17.3 Å². The molecule has 0 atom stereocenters. The zero-order valence-corrected chi connectivity index (χ0v) is 13.9. The fourth-order valence-electron chi connectivity index (χ4n) is 2.24. The Bertz CT molecular complexity index is 878. The van der Waals surface area contributed by atoms with E-state index in [2.05, 4.69) is 15.7 Å². The molecular formula is C17H15N5O2S. The van der Waals surface area contributed by atoms with Gasteiger partial charge in [-0.25, -0.2) is 0 Å². The van der Waals surface area contributed by atoms with Crippen LogP contribution in [-0.2, 0) is 6.54 Å². The summed E-state index contributed by atoms with van der Waals surface area (Å²) in [4.78, 5) is 10.2. The van der Waals surface area contributed by atoms with Gasteiger partial charge in [-0.2, -0.15) is 5.10 Å². The number of nitrogens with zero attached hydrogens (tertiary/aromatic N) is 3. The van der Waals surface area contributed by atoms with Crippen molar-refractivity contribution in [2.75, 3.05) is 10.6 Å². The van der Waals surface area contributed by atoms with Crippen LogP contribution in [0.3, 0.4) is 0 Å². The molecule has 7 nitrogen and oxygen atoms in total. The summed E-state index contributed by atoms with van der Waals surface area (Å²) in [6.07, 6.45) is 3.55. The molecule has 0 bridgehead atoms. The maximum atomic E-state index is 10.6. The molecule has 0 aliphatic heterocycles. The number of aromatic nitrogens is 2. The molecule has 0 amide bonds. The summed E-state index contributed by atoms with van der Waals surface area (Å²) >= 11 is 5.25. The Morgan fingerprint density at radius 2 is 1.76 bits per heavy atom. The SMILES string of the molecule is O=[N+]([O-])c1ccc(NC(=S)Nc2cnn(Cc3ccccc3)c2)cc1. The first kappa shape index (κ1) is 16.6. The van der Waals surface area contributed by atoms with Gasteiger partial charge in [-0.15, -0.1) is 0 Å². The van der Waals surface area contributed by atoms with E-state index in [9.17, 15) is 10.1 Å². The Hall–Kier alpha value is -3.26. The Kier molecular flexibility index (Phi) is 5.00. The van der Waals surface area contributed by atoms with Crippen LogP contribution in [0.1, 0.15) is 5.56 Å². The normalized spacial score (nSPS) is 10.2. The van der Waals surface area contributed by atoms with Gasteiger partial charge in [0.1, 0.15) is 0 Å². The molecule has 0 radical (unpaired) electrons. The van der Waals surface area contributed by atoms with Crippen LogP contribution in [0.25, 0.3) is 0 Å². The summed E-state index contributed by atoms with van der Waals surface area (Å²) in [6, 6.07) is 16.1. The van der Waals surface area contributed by atoms with Crippen molar-refractivity contribution in [2.24, 2.45) is 0 Å². The Balaban J connectivity index is 1.57. The third-order valence-electron chi connectivity index (χ3n) is 3.41. The predicted octanol–water partition coefficient (Wildman–Crippen LogP) is 3.65. The molecule has 0 unspecified atom stereocenters. The lowest BCUT2D eigenvalue weighted by Crippen LogP contribution is -2.18. The molecule has 1 aromatic heterocycles. The summed E-state index contributed by atoms with van der Waals surface area (Å²) < 4.78 is 1.81. The van der Waals surface area contributed by atoms with Gasteiger partial charge in [0.05, 0.1) is 23.4 Å². The van der Waals surface area contributed by atoms with Crippen molar-refractivity contribution in [2.45, 2.75) is 6.54 Å². The minimum atomic E-state index is -0.443. The quantitative estimate of drug-likeness (QED) is 0.414. The fraction of sp³-hybridized carbons (Fsp3) is 0.0588. The molecule has 1 heterocycles. The van der Waals surface area contributed by atoms with Crippen molar-refractivity contribution in [1.29, 1.82) is 0 Å². The number of hydrogen-bond acceptors (Lipinski definition) is 4. The lowest BCUT2D eigenvalue weighted by atomic mass is 10.2. The number of rotatable bonds is 5. The molecule has 0 saturated carbocycles. The van der Waals surface area contributed by atoms with Crippen LogP contribution in [0.2, 0.25) is 0 Å². The molecular weight excluding hydrogens is 338 g/mol. The molecule has 0 aliphatic rings. The van der Waals surface area contributed by atoms with Crippen LogP contribution in [-0.4, -0.2) is 19.8 Å². The van der Waals surface area contributed by atoms with Gasteiger partial charge in [0.2, 0.25) is 0 Å². The summed E-state index contributed by atoms with van der Waals surface area (Å²) in [5.74, 6) is 0. The molecule has 25 heavy (non-hydrogen) atoms. The van der Waals surface area contributed by atoms with E-state index in [1.54, 1.807) is 18.3 Å². The number of anilines is 2. The zero-order valence-electron chi connectivity index (χ0n) is 13.1. The number of nitro benzene ring substituents is 1. The number of benzene rings is 2. The maximum absolute atomic E-state index is 10.6. The van der Waals surface area contributed by atoms with Crippen molar-refractivity contribution in [3.63, 3.8) is 0 Å². The van der Waals surface area contributed by atoms with Crippen LogP contribution in [0, 0.1) is 10.1 Å². The van der Waals surface area contributed by atoms with E-state index >= 15 is 0 Å². The first-order valence-corrected chi connectivity index (χ1v) is 7.90. The lowest BCUT2D eigenvalue weighted by Gasteiger charge is -2.08. The summed E-state index contributed by atoms with van der Waals surface area (Å²) in [5, 5.41) is 21.3. The standard InChI is InChI=1S/C17H15N5O2S/c23-22(24)16-8-6-14(7-9-16)19-17(25)20-15-10-18-21(12-15)11-13-4-2-1-3-5-13/h1-10,12H,11H2,(H2,19,20,25). The molecule has 2 N–H and O–H groups in total. The van der Waals surface area contributed by atoms with Crippen molar-refractivity contribution in [3.8, 4) is 0 Å². The van der Waals surface area contributed by atoms with Crippen LogP contribution in [0.5, 0.6) is 0 Å². The molecule has 3 rings (SSSR count). The summed E-state index contributed by atoms with van der Waals surface area (Å²) in [6.45, 7) is 0.672. The van der Waals surface area contributed by atoms with Crippen molar-refractivity contribution in [1.82, 2.24) is 9.78 Å². The zero-order chi connectivity index (χ0) is 17.6. The number of nitrogens with one attached hydrogen (secondary N) is 2. The first-order valence-electron chi connectivity index (χ1n) is 7.49. The van der Waals surface area contributed by atoms with Crippen LogP contribution in [0.15, 0.2) is 67.0 Å². The van der Waals surface area contributed by atoms with Crippen molar-refractivity contribution in [3.05, 3.63) is 82.7 Å². The third kappa shape index (κ3) is 4.61. The van der Waals surface area contributed by atoms with Gasteiger partial charge < -0.3 is 10.6 Å². The second kappa shape index (κ2) is 7.54. The van der Waals surface area contributed by atoms with E-state index in [0.717, 1.165) is 11.3 Å². The molecule has 0 spiro atoms. The number of hydrogen-bond donors (Lipinski definition) is 2. The second-order valence-corrected chi connectivity index (χ2v) is 5.70. The molecule has 8 heteroatoms. The van der Waals surface area contributed by atoms with Gasteiger partial charge in [0.15, 0.2) is 5.11 Å².